The van der Waals surface area contributed by atoms with Crippen molar-refractivity contribution in [3.05, 3.63) is 53.0 Å². The second-order valence-electron chi connectivity index (χ2n) is 3.67. The van der Waals surface area contributed by atoms with Crippen LogP contribution in [0.15, 0.2) is 57.9 Å². The molecule has 0 aliphatic rings. The van der Waals surface area contributed by atoms with Crippen molar-refractivity contribution in [2.24, 2.45) is 0 Å². The van der Waals surface area contributed by atoms with E-state index in [0.29, 0.717) is 5.75 Å². The van der Waals surface area contributed by atoms with Crippen molar-refractivity contribution in [1.29, 1.82) is 0 Å². The molecule has 0 heterocycles. The zero-order valence-corrected chi connectivity index (χ0v) is 12.4. The van der Waals surface area contributed by atoms with Gasteiger partial charge in [0, 0.05) is 4.47 Å². The minimum absolute atomic E-state index is 0.103. The van der Waals surface area contributed by atoms with Gasteiger partial charge in [-0.2, -0.15) is 8.42 Å². The smallest absolute Gasteiger partial charge is 0.339 e. The summed E-state index contributed by atoms with van der Waals surface area (Å²) >= 11 is 3.25. The standard InChI is InChI=1S/C13H11BrO4S/c1-17-11-4-6-12(7-5-11)18-19(15,16)13-8-2-10(14)3-9-13/h2-9H,1H3. The quantitative estimate of drug-likeness (QED) is 0.800. The first kappa shape index (κ1) is 13.9. The lowest BCUT2D eigenvalue weighted by Crippen LogP contribution is -2.09. The van der Waals surface area contributed by atoms with Crippen molar-refractivity contribution in [3.8, 4) is 11.5 Å². The molecule has 0 aliphatic heterocycles. The summed E-state index contributed by atoms with van der Waals surface area (Å²) in [6, 6.07) is 12.6. The van der Waals surface area contributed by atoms with Crippen molar-refractivity contribution < 1.29 is 17.3 Å². The van der Waals surface area contributed by atoms with E-state index >= 15 is 0 Å². The van der Waals surface area contributed by atoms with Crippen molar-refractivity contribution >= 4 is 26.0 Å². The van der Waals surface area contributed by atoms with Gasteiger partial charge < -0.3 is 8.92 Å². The Kier molecular flexibility index (Phi) is 4.11. The summed E-state index contributed by atoms with van der Waals surface area (Å²) in [6.07, 6.45) is 0. The minimum atomic E-state index is -3.81. The molecule has 6 heteroatoms. The van der Waals surface area contributed by atoms with Crippen molar-refractivity contribution in [2.75, 3.05) is 7.11 Å². The van der Waals surface area contributed by atoms with Gasteiger partial charge in [-0.25, -0.2) is 0 Å². The van der Waals surface area contributed by atoms with Crippen LogP contribution in [-0.2, 0) is 10.1 Å². The lowest BCUT2D eigenvalue weighted by Gasteiger charge is -2.07. The number of hydrogen-bond acceptors (Lipinski definition) is 4. The molecule has 100 valence electrons. The predicted molar refractivity (Wildman–Crippen MR) is 74.9 cm³/mol. The molecule has 0 fully saturated rings. The van der Waals surface area contributed by atoms with Gasteiger partial charge in [0.15, 0.2) is 0 Å². The van der Waals surface area contributed by atoms with E-state index in [-0.39, 0.29) is 10.6 Å². The fourth-order valence-corrected chi connectivity index (χ4v) is 2.60. The Morgan fingerprint density at radius 1 is 0.895 bits per heavy atom. The monoisotopic (exact) mass is 342 g/mol. The second-order valence-corrected chi connectivity index (χ2v) is 6.13. The average molecular weight is 343 g/mol. The molecule has 0 spiro atoms. The van der Waals surface area contributed by atoms with Gasteiger partial charge in [0.2, 0.25) is 0 Å². The largest absolute Gasteiger partial charge is 0.497 e. The first-order valence-corrected chi connectivity index (χ1v) is 7.55. The second kappa shape index (κ2) is 5.63. The maximum Gasteiger partial charge on any atom is 0.339 e. The number of rotatable bonds is 4. The lowest BCUT2D eigenvalue weighted by atomic mass is 10.3. The number of halogens is 1. The molecular formula is C13H11BrO4S. The molecule has 0 aliphatic carbocycles. The molecular weight excluding hydrogens is 332 g/mol. The Morgan fingerprint density at radius 2 is 1.42 bits per heavy atom. The molecule has 2 aromatic rings. The van der Waals surface area contributed by atoms with Gasteiger partial charge in [0.05, 0.1) is 7.11 Å². The van der Waals surface area contributed by atoms with Gasteiger partial charge in [-0.1, -0.05) is 15.9 Å². The van der Waals surface area contributed by atoms with Crippen LogP contribution in [0, 0.1) is 0 Å². The summed E-state index contributed by atoms with van der Waals surface area (Å²) in [5, 5.41) is 0. The summed E-state index contributed by atoms with van der Waals surface area (Å²) in [4.78, 5) is 0.103. The van der Waals surface area contributed by atoms with Gasteiger partial charge in [0.1, 0.15) is 16.4 Å². The van der Waals surface area contributed by atoms with Crippen LogP contribution in [0.1, 0.15) is 0 Å². The molecule has 2 aromatic carbocycles. The highest BCUT2D eigenvalue weighted by Crippen LogP contribution is 2.22. The summed E-state index contributed by atoms with van der Waals surface area (Å²) in [5.41, 5.74) is 0. The van der Waals surface area contributed by atoms with E-state index in [9.17, 15) is 8.42 Å². The lowest BCUT2D eigenvalue weighted by molar-refractivity contribution is 0.413. The number of hydrogen-bond donors (Lipinski definition) is 0. The Bertz CT molecular complexity index is 648. The van der Waals surface area contributed by atoms with E-state index in [0.717, 1.165) is 4.47 Å². The molecule has 0 amide bonds. The summed E-state index contributed by atoms with van der Waals surface area (Å²) < 4.78 is 34.8. The summed E-state index contributed by atoms with van der Waals surface area (Å²) in [7, 11) is -2.28. The van der Waals surface area contributed by atoms with Crippen molar-refractivity contribution in [2.45, 2.75) is 4.90 Å². The van der Waals surface area contributed by atoms with E-state index in [1.54, 1.807) is 24.3 Å². The molecule has 0 saturated carbocycles. The van der Waals surface area contributed by atoms with Gasteiger partial charge in [-0.15, -0.1) is 0 Å². The Morgan fingerprint density at radius 3 is 1.95 bits per heavy atom. The molecule has 19 heavy (non-hydrogen) atoms. The third-order valence-electron chi connectivity index (χ3n) is 2.37. The van der Waals surface area contributed by atoms with Gasteiger partial charge in [-0.05, 0) is 48.5 Å². The molecule has 0 radical (unpaired) electrons. The maximum atomic E-state index is 12.0. The molecule has 0 bridgehead atoms. The number of ether oxygens (including phenoxy) is 1. The first-order chi connectivity index (χ1) is 9.01. The van der Waals surface area contributed by atoms with Gasteiger partial charge in [-0.3, -0.25) is 0 Å². The fraction of sp³-hybridized carbons (Fsp3) is 0.0769. The van der Waals surface area contributed by atoms with Crippen LogP contribution >= 0.6 is 15.9 Å². The third-order valence-corrected chi connectivity index (χ3v) is 4.16. The first-order valence-electron chi connectivity index (χ1n) is 5.35. The number of benzene rings is 2. The van der Waals surface area contributed by atoms with Crippen LogP contribution in [0.5, 0.6) is 11.5 Å². The Balaban J connectivity index is 2.23. The van der Waals surface area contributed by atoms with Crippen LogP contribution in [0.3, 0.4) is 0 Å². The highest BCUT2D eigenvalue weighted by atomic mass is 79.9. The topological polar surface area (TPSA) is 52.6 Å². The Hall–Kier alpha value is -1.53. The summed E-state index contributed by atoms with van der Waals surface area (Å²) in [5.74, 6) is 0.872. The van der Waals surface area contributed by atoms with Crippen LogP contribution in [0.2, 0.25) is 0 Å². The van der Waals surface area contributed by atoms with Gasteiger partial charge in [0.25, 0.3) is 0 Å². The Labute approximate surface area is 120 Å². The van der Waals surface area contributed by atoms with Crippen LogP contribution in [0.4, 0.5) is 0 Å². The van der Waals surface area contributed by atoms with Crippen LogP contribution < -0.4 is 8.92 Å². The molecule has 0 N–H and O–H groups in total. The number of methoxy groups -OCH3 is 1. The molecule has 0 aromatic heterocycles. The molecule has 0 unspecified atom stereocenters. The highest BCUT2D eigenvalue weighted by molar-refractivity contribution is 9.10. The minimum Gasteiger partial charge on any atom is -0.497 e. The van der Waals surface area contributed by atoms with E-state index in [1.165, 1.54) is 31.4 Å². The van der Waals surface area contributed by atoms with Crippen LogP contribution in [-0.4, -0.2) is 15.5 Å². The third kappa shape index (κ3) is 3.48. The van der Waals surface area contributed by atoms with E-state index < -0.39 is 10.1 Å². The van der Waals surface area contributed by atoms with Crippen molar-refractivity contribution in [3.63, 3.8) is 0 Å². The SMILES string of the molecule is COc1ccc(OS(=O)(=O)c2ccc(Br)cc2)cc1. The molecule has 4 nitrogen and oxygen atoms in total. The van der Waals surface area contributed by atoms with E-state index in [2.05, 4.69) is 15.9 Å². The zero-order chi connectivity index (χ0) is 13.9. The predicted octanol–water partition coefficient (Wildman–Crippen LogP) is 3.23. The van der Waals surface area contributed by atoms with E-state index in [4.69, 9.17) is 8.92 Å². The normalized spacial score (nSPS) is 11.1. The van der Waals surface area contributed by atoms with E-state index in [1.807, 2.05) is 0 Å². The molecule has 0 atom stereocenters. The molecule has 2 rings (SSSR count). The highest BCUT2D eigenvalue weighted by Gasteiger charge is 2.16. The van der Waals surface area contributed by atoms with Crippen molar-refractivity contribution in [1.82, 2.24) is 0 Å². The van der Waals surface area contributed by atoms with Crippen LogP contribution in [0.25, 0.3) is 0 Å². The zero-order valence-electron chi connectivity index (χ0n) is 10.0. The summed E-state index contributed by atoms with van der Waals surface area (Å²) in [6.45, 7) is 0. The van der Waals surface area contributed by atoms with Gasteiger partial charge >= 0.3 is 10.1 Å². The fourth-order valence-electron chi connectivity index (χ4n) is 1.41. The maximum absolute atomic E-state index is 12.0. The molecule has 0 saturated heterocycles. The average Bonchev–Trinajstić information content (AvgIpc) is 2.40.